The van der Waals surface area contributed by atoms with E-state index in [1.165, 1.54) is 0 Å². The van der Waals surface area contributed by atoms with Crippen LogP contribution in [0.1, 0.15) is 38.3 Å². The summed E-state index contributed by atoms with van der Waals surface area (Å²) in [5, 5.41) is 3.39. The zero-order chi connectivity index (χ0) is 21.6. The molecule has 1 amide bonds. The Morgan fingerprint density at radius 2 is 1.79 bits per heavy atom. The maximum atomic E-state index is 13.1. The minimum atomic E-state index is -3.71. The Hall–Kier alpha value is -2.25. The van der Waals surface area contributed by atoms with E-state index in [-0.39, 0.29) is 11.9 Å². The molecule has 0 aliphatic heterocycles. The van der Waals surface area contributed by atoms with Crippen molar-refractivity contribution >= 4 is 33.2 Å². The summed E-state index contributed by atoms with van der Waals surface area (Å²) >= 11 is 6.05. The Morgan fingerprint density at radius 3 is 2.28 bits per heavy atom. The first-order chi connectivity index (χ1) is 13.7. The number of nitrogens with one attached hydrogen (secondary N) is 1. The fourth-order valence-corrected chi connectivity index (χ4v) is 4.59. The van der Waals surface area contributed by atoms with Crippen LogP contribution in [0.25, 0.3) is 0 Å². The third kappa shape index (κ3) is 5.87. The van der Waals surface area contributed by atoms with Gasteiger partial charge >= 0.3 is 0 Å². The van der Waals surface area contributed by atoms with Crippen LogP contribution in [0.2, 0.25) is 5.02 Å². The third-order valence-electron chi connectivity index (χ3n) is 4.64. The van der Waals surface area contributed by atoms with E-state index in [4.69, 9.17) is 16.3 Å². The number of benzene rings is 2. The van der Waals surface area contributed by atoms with Crippen molar-refractivity contribution in [2.45, 2.75) is 38.8 Å². The summed E-state index contributed by atoms with van der Waals surface area (Å²) in [6.45, 7) is 3.74. The smallest absolute Gasteiger partial charge is 0.244 e. The molecule has 2 rings (SSSR count). The van der Waals surface area contributed by atoms with Gasteiger partial charge in [-0.15, -0.1) is 0 Å². The molecule has 158 valence electrons. The molecule has 29 heavy (non-hydrogen) atoms. The van der Waals surface area contributed by atoms with E-state index < -0.39 is 16.1 Å². The lowest BCUT2D eigenvalue weighted by Gasteiger charge is -2.31. The summed E-state index contributed by atoms with van der Waals surface area (Å²) in [6.07, 6.45) is 2.06. The van der Waals surface area contributed by atoms with E-state index in [1.807, 2.05) is 31.2 Å². The van der Waals surface area contributed by atoms with Crippen molar-refractivity contribution in [2.24, 2.45) is 0 Å². The molecule has 2 aromatic carbocycles. The summed E-state index contributed by atoms with van der Waals surface area (Å²) in [5.74, 6) is 0.367. The Bertz CT molecular complexity index is 932. The number of amides is 1. The van der Waals surface area contributed by atoms with Gasteiger partial charge in [-0.3, -0.25) is 9.10 Å². The zero-order valence-corrected chi connectivity index (χ0v) is 18.6. The molecule has 0 aromatic heterocycles. The molecule has 2 aromatic rings. The third-order valence-corrected chi connectivity index (χ3v) is 6.05. The molecule has 2 atom stereocenters. The van der Waals surface area contributed by atoms with Crippen molar-refractivity contribution in [2.75, 3.05) is 17.7 Å². The highest BCUT2D eigenvalue weighted by Crippen LogP contribution is 2.26. The van der Waals surface area contributed by atoms with E-state index in [2.05, 4.69) is 5.32 Å². The van der Waals surface area contributed by atoms with Crippen molar-refractivity contribution < 1.29 is 17.9 Å². The molecule has 2 unspecified atom stereocenters. The fourth-order valence-electron chi connectivity index (χ4n) is 3.20. The van der Waals surface area contributed by atoms with Gasteiger partial charge in [0.1, 0.15) is 11.8 Å². The van der Waals surface area contributed by atoms with Gasteiger partial charge in [0, 0.05) is 5.02 Å². The number of sulfonamides is 1. The molecule has 0 saturated heterocycles. The zero-order valence-electron chi connectivity index (χ0n) is 17.1. The van der Waals surface area contributed by atoms with Gasteiger partial charge in [0.25, 0.3) is 0 Å². The minimum Gasteiger partial charge on any atom is -0.497 e. The van der Waals surface area contributed by atoms with Gasteiger partial charge in [0.2, 0.25) is 15.9 Å². The highest BCUT2D eigenvalue weighted by atomic mass is 35.5. The van der Waals surface area contributed by atoms with E-state index >= 15 is 0 Å². The molecule has 0 fully saturated rings. The van der Waals surface area contributed by atoms with Crippen molar-refractivity contribution in [3.63, 3.8) is 0 Å². The van der Waals surface area contributed by atoms with E-state index in [0.717, 1.165) is 21.9 Å². The predicted molar refractivity (Wildman–Crippen MR) is 117 cm³/mol. The average Bonchev–Trinajstić information content (AvgIpc) is 2.69. The van der Waals surface area contributed by atoms with Crippen LogP contribution in [0.4, 0.5) is 5.69 Å². The van der Waals surface area contributed by atoms with Crippen molar-refractivity contribution in [1.82, 2.24) is 5.32 Å². The lowest BCUT2D eigenvalue weighted by atomic mass is 10.0. The number of carbonyl (C=O) groups excluding carboxylic acids is 1. The molecule has 0 radical (unpaired) electrons. The molecule has 0 heterocycles. The van der Waals surface area contributed by atoms with Crippen LogP contribution in [0.5, 0.6) is 5.75 Å². The number of methoxy groups -OCH3 is 1. The largest absolute Gasteiger partial charge is 0.497 e. The van der Waals surface area contributed by atoms with Gasteiger partial charge in [-0.25, -0.2) is 8.42 Å². The van der Waals surface area contributed by atoms with Gasteiger partial charge in [0.05, 0.1) is 25.1 Å². The first-order valence-electron chi connectivity index (χ1n) is 9.40. The summed E-state index contributed by atoms with van der Waals surface area (Å²) < 4.78 is 31.4. The second-order valence-electron chi connectivity index (χ2n) is 6.71. The van der Waals surface area contributed by atoms with Crippen LogP contribution in [-0.2, 0) is 14.8 Å². The van der Waals surface area contributed by atoms with Gasteiger partial charge in [0.15, 0.2) is 0 Å². The molecule has 0 aliphatic carbocycles. The maximum absolute atomic E-state index is 13.1. The number of anilines is 1. The average molecular weight is 439 g/mol. The first kappa shape index (κ1) is 23.0. The Morgan fingerprint density at radius 1 is 1.14 bits per heavy atom. The topological polar surface area (TPSA) is 75.7 Å². The van der Waals surface area contributed by atoms with Crippen LogP contribution < -0.4 is 14.4 Å². The monoisotopic (exact) mass is 438 g/mol. The number of carbonyl (C=O) groups is 1. The van der Waals surface area contributed by atoms with Crippen LogP contribution in [0, 0.1) is 0 Å². The number of hydrogen-bond acceptors (Lipinski definition) is 4. The number of rotatable bonds is 9. The lowest BCUT2D eigenvalue weighted by molar-refractivity contribution is -0.123. The van der Waals surface area contributed by atoms with E-state index in [0.29, 0.717) is 23.6 Å². The second kappa shape index (κ2) is 9.98. The van der Waals surface area contributed by atoms with Crippen LogP contribution >= 0.6 is 11.6 Å². The first-order valence-corrected chi connectivity index (χ1v) is 11.6. The molecule has 1 N–H and O–H groups in total. The lowest BCUT2D eigenvalue weighted by Crippen LogP contribution is -2.50. The van der Waals surface area contributed by atoms with Crippen molar-refractivity contribution in [1.29, 1.82) is 0 Å². The minimum absolute atomic E-state index is 0.247. The van der Waals surface area contributed by atoms with Gasteiger partial charge in [-0.1, -0.05) is 43.6 Å². The molecular formula is C21H27ClN2O4S. The highest BCUT2D eigenvalue weighted by Gasteiger charge is 2.32. The molecule has 0 saturated carbocycles. The molecule has 8 heteroatoms. The van der Waals surface area contributed by atoms with Crippen LogP contribution in [0.3, 0.4) is 0 Å². The van der Waals surface area contributed by atoms with E-state index in [1.54, 1.807) is 38.3 Å². The van der Waals surface area contributed by atoms with Gasteiger partial charge in [-0.2, -0.15) is 0 Å². The predicted octanol–water partition coefficient (Wildman–Crippen LogP) is 4.16. The molecule has 0 bridgehead atoms. The van der Waals surface area contributed by atoms with Crippen molar-refractivity contribution in [3.8, 4) is 5.75 Å². The Labute approximate surface area is 177 Å². The van der Waals surface area contributed by atoms with E-state index in [9.17, 15) is 13.2 Å². The molecule has 0 aliphatic rings. The normalized spacial score (nSPS) is 13.4. The summed E-state index contributed by atoms with van der Waals surface area (Å²) in [4.78, 5) is 13.1. The van der Waals surface area contributed by atoms with Gasteiger partial charge < -0.3 is 10.1 Å². The fraction of sp³-hybridized carbons (Fsp3) is 0.381. The number of halogens is 1. The Balaban J connectivity index is 2.32. The number of hydrogen-bond donors (Lipinski definition) is 1. The number of nitrogens with zero attached hydrogens (tertiary/aromatic N) is 1. The summed E-state index contributed by atoms with van der Waals surface area (Å²) in [6, 6.07) is 12.8. The van der Waals surface area contributed by atoms with Crippen LogP contribution in [-0.4, -0.2) is 33.7 Å². The van der Waals surface area contributed by atoms with Gasteiger partial charge in [-0.05, 0) is 48.7 Å². The molecule has 6 nitrogen and oxygen atoms in total. The summed E-state index contributed by atoms with van der Waals surface area (Å²) in [7, 11) is -2.12. The van der Waals surface area contributed by atoms with Crippen LogP contribution in [0.15, 0.2) is 48.5 Å². The standard InChI is InChI=1S/C21H27ClN2O4S/c1-5-19(15-10-12-18(28-3)13-11-15)23-21(25)20(6-2)24(29(4,26)27)17-9-7-8-16(22)14-17/h7-14,19-20H,5-6H2,1-4H3,(H,23,25). The second-order valence-corrected chi connectivity index (χ2v) is 9.00. The molecule has 0 spiro atoms. The maximum Gasteiger partial charge on any atom is 0.244 e. The Kier molecular flexibility index (Phi) is 7.93. The molecular weight excluding hydrogens is 412 g/mol. The summed E-state index contributed by atoms with van der Waals surface area (Å²) in [5.41, 5.74) is 1.28. The quantitative estimate of drug-likeness (QED) is 0.637. The number of ether oxygens (including phenoxy) is 1. The highest BCUT2D eigenvalue weighted by molar-refractivity contribution is 7.92. The van der Waals surface area contributed by atoms with Crippen molar-refractivity contribution in [3.05, 3.63) is 59.1 Å². The SMILES string of the molecule is CCC(NC(=O)C(CC)N(c1cccc(Cl)c1)S(C)(=O)=O)c1ccc(OC)cc1.